The second-order valence-corrected chi connectivity index (χ2v) is 2.65. The Kier molecular flexibility index (Phi) is 3.45. The molecule has 80 valence electrons. The molecule has 1 N–H and O–H groups in total. The van der Waals surface area contributed by atoms with Crippen LogP contribution in [0.25, 0.3) is 0 Å². The summed E-state index contributed by atoms with van der Waals surface area (Å²) < 4.78 is 38.9. The van der Waals surface area contributed by atoms with Crippen LogP contribution < -0.4 is 0 Å². The molecule has 0 spiro atoms. The summed E-state index contributed by atoms with van der Waals surface area (Å²) in [4.78, 5) is 20.7. The SMILES string of the molecule is C/C=C/C(F)(C(C)=O)C(F)(F)C(=O)O. The van der Waals surface area contributed by atoms with Crippen molar-refractivity contribution in [3.63, 3.8) is 0 Å². The molecule has 0 radical (unpaired) electrons. The van der Waals surface area contributed by atoms with Crippen LogP contribution in [0, 0.1) is 0 Å². The number of carboxylic acids is 1. The van der Waals surface area contributed by atoms with Crippen LogP contribution in [0.1, 0.15) is 13.8 Å². The van der Waals surface area contributed by atoms with Gasteiger partial charge in [0.2, 0.25) is 0 Å². The average Bonchev–Trinajstić information content (AvgIpc) is 2.03. The van der Waals surface area contributed by atoms with Gasteiger partial charge >= 0.3 is 11.9 Å². The molecule has 0 bridgehead atoms. The Morgan fingerprint density at radius 1 is 1.29 bits per heavy atom. The van der Waals surface area contributed by atoms with E-state index in [2.05, 4.69) is 0 Å². The Balaban J connectivity index is 5.42. The summed E-state index contributed by atoms with van der Waals surface area (Å²) in [7, 11) is 0. The van der Waals surface area contributed by atoms with Gasteiger partial charge < -0.3 is 5.11 Å². The predicted octanol–water partition coefficient (Wildman–Crippen LogP) is 1.58. The van der Waals surface area contributed by atoms with E-state index in [0.717, 1.165) is 6.08 Å². The number of aliphatic carboxylic acids is 1. The lowest BCUT2D eigenvalue weighted by Gasteiger charge is -2.24. The molecule has 0 aliphatic carbocycles. The standard InChI is InChI=1S/C8H9F3O3/c1-3-4-7(9,5(2)12)8(10,11)6(13)14/h3-4H,1-2H3,(H,13,14)/b4-3+. The lowest BCUT2D eigenvalue weighted by Crippen LogP contribution is -2.53. The van der Waals surface area contributed by atoms with E-state index >= 15 is 0 Å². The van der Waals surface area contributed by atoms with E-state index in [1.807, 2.05) is 0 Å². The minimum atomic E-state index is -4.76. The fourth-order valence-corrected chi connectivity index (χ4v) is 0.828. The number of alkyl halides is 3. The van der Waals surface area contributed by atoms with E-state index < -0.39 is 23.3 Å². The van der Waals surface area contributed by atoms with E-state index in [4.69, 9.17) is 5.11 Å². The smallest absolute Gasteiger partial charge is 0.386 e. The lowest BCUT2D eigenvalue weighted by molar-refractivity contribution is -0.186. The highest BCUT2D eigenvalue weighted by atomic mass is 19.3. The van der Waals surface area contributed by atoms with Crippen molar-refractivity contribution < 1.29 is 27.9 Å². The molecule has 0 fully saturated rings. The van der Waals surface area contributed by atoms with Crippen molar-refractivity contribution in [2.45, 2.75) is 25.4 Å². The third-order valence-corrected chi connectivity index (χ3v) is 1.63. The van der Waals surface area contributed by atoms with Crippen LogP contribution in [-0.2, 0) is 9.59 Å². The highest BCUT2D eigenvalue weighted by molar-refractivity contribution is 5.95. The van der Waals surface area contributed by atoms with Crippen LogP contribution in [0.4, 0.5) is 13.2 Å². The first-order valence-corrected chi connectivity index (χ1v) is 3.65. The Morgan fingerprint density at radius 3 is 1.93 bits per heavy atom. The van der Waals surface area contributed by atoms with Gasteiger partial charge in [0.05, 0.1) is 0 Å². The predicted molar refractivity (Wildman–Crippen MR) is 41.9 cm³/mol. The molecule has 3 nitrogen and oxygen atoms in total. The van der Waals surface area contributed by atoms with Crippen molar-refractivity contribution in [2.24, 2.45) is 0 Å². The number of carboxylic acid groups (broad SMARTS) is 1. The minimum absolute atomic E-state index is 0.240. The fraction of sp³-hybridized carbons (Fsp3) is 0.500. The Bertz CT molecular complexity index is 286. The zero-order valence-corrected chi connectivity index (χ0v) is 7.55. The van der Waals surface area contributed by atoms with E-state index in [0.29, 0.717) is 6.92 Å². The Labute approximate surface area is 78.2 Å². The third-order valence-electron chi connectivity index (χ3n) is 1.63. The number of carbonyl (C=O) groups excluding carboxylic acids is 1. The van der Waals surface area contributed by atoms with Crippen LogP contribution in [0.3, 0.4) is 0 Å². The van der Waals surface area contributed by atoms with Crippen molar-refractivity contribution in [3.05, 3.63) is 12.2 Å². The third kappa shape index (κ3) is 1.78. The molecule has 0 saturated carbocycles. The van der Waals surface area contributed by atoms with Crippen LogP contribution >= 0.6 is 0 Å². The van der Waals surface area contributed by atoms with Gasteiger partial charge in [0, 0.05) is 0 Å². The van der Waals surface area contributed by atoms with Crippen LogP contribution in [0.15, 0.2) is 12.2 Å². The van der Waals surface area contributed by atoms with Crippen molar-refractivity contribution in [1.82, 2.24) is 0 Å². The first-order chi connectivity index (χ1) is 6.20. The summed E-state index contributed by atoms with van der Waals surface area (Å²) in [6, 6.07) is 0. The van der Waals surface area contributed by atoms with Gasteiger partial charge in [-0.05, 0) is 19.9 Å². The molecule has 0 aromatic carbocycles. The van der Waals surface area contributed by atoms with E-state index in [-0.39, 0.29) is 6.08 Å². The molecule has 0 rings (SSSR count). The molecule has 0 amide bonds. The van der Waals surface area contributed by atoms with Gasteiger partial charge in [-0.3, -0.25) is 4.79 Å². The Morgan fingerprint density at radius 2 is 1.71 bits per heavy atom. The number of Topliss-reactive ketones (excluding diaryl/α,β-unsaturated/α-hetero) is 1. The van der Waals surface area contributed by atoms with Gasteiger partial charge in [0.15, 0.2) is 5.78 Å². The molecule has 1 atom stereocenters. The second-order valence-electron chi connectivity index (χ2n) is 2.65. The maximum atomic E-state index is 13.4. The molecule has 0 aromatic rings. The van der Waals surface area contributed by atoms with Gasteiger partial charge in [-0.25, -0.2) is 9.18 Å². The number of carbonyl (C=O) groups is 2. The van der Waals surface area contributed by atoms with Gasteiger partial charge in [0.25, 0.3) is 5.67 Å². The number of allylic oxidation sites excluding steroid dienone is 2. The molecule has 6 heteroatoms. The van der Waals surface area contributed by atoms with E-state index in [9.17, 15) is 22.8 Å². The van der Waals surface area contributed by atoms with E-state index in [1.165, 1.54) is 6.92 Å². The van der Waals surface area contributed by atoms with Gasteiger partial charge in [-0.2, -0.15) is 8.78 Å². The monoisotopic (exact) mass is 210 g/mol. The van der Waals surface area contributed by atoms with Crippen LogP contribution in [0.2, 0.25) is 0 Å². The van der Waals surface area contributed by atoms with Crippen LogP contribution in [-0.4, -0.2) is 28.5 Å². The quantitative estimate of drug-likeness (QED) is 0.716. The maximum Gasteiger partial charge on any atom is 0.386 e. The molecule has 0 aliphatic heterocycles. The van der Waals surface area contributed by atoms with E-state index in [1.54, 1.807) is 0 Å². The zero-order chi connectivity index (χ0) is 11.6. The highest BCUT2D eigenvalue weighted by Crippen LogP contribution is 2.35. The van der Waals surface area contributed by atoms with Crippen molar-refractivity contribution in [1.29, 1.82) is 0 Å². The zero-order valence-electron chi connectivity index (χ0n) is 7.55. The summed E-state index contributed by atoms with van der Waals surface area (Å²) in [6.45, 7) is 1.77. The van der Waals surface area contributed by atoms with Crippen molar-refractivity contribution >= 4 is 11.8 Å². The molecule has 1 unspecified atom stereocenters. The minimum Gasteiger partial charge on any atom is -0.477 e. The average molecular weight is 210 g/mol. The van der Waals surface area contributed by atoms with Crippen LogP contribution in [0.5, 0.6) is 0 Å². The number of hydrogen-bond acceptors (Lipinski definition) is 2. The highest BCUT2D eigenvalue weighted by Gasteiger charge is 2.62. The summed E-state index contributed by atoms with van der Waals surface area (Å²) in [5.41, 5.74) is -3.78. The normalized spacial score (nSPS) is 16.6. The molecule has 0 aliphatic rings. The second kappa shape index (κ2) is 3.81. The summed E-state index contributed by atoms with van der Waals surface area (Å²) in [5, 5.41) is 8.08. The van der Waals surface area contributed by atoms with Crippen molar-refractivity contribution in [3.8, 4) is 0 Å². The van der Waals surface area contributed by atoms with Gasteiger partial charge in [-0.1, -0.05) is 6.08 Å². The summed E-state index contributed by atoms with van der Waals surface area (Å²) in [6.07, 6.45) is 1.10. The number of ketones is 1. The first kappa shape index (κ1) is 12.7. The molecule has 0 aromatic heterocycles. The first-order valence-electron chi connectivity index (χ1n) is 3.65. The molecular formula is C8H9F3O3. The Hall–Kier alpha value is -1.33. The molecular weight excluding hydrogens is 201 g/mol. The lowest BCUT2D eigenvalue weighted by atomic mass is 9.93. The number of rotatable bonds is 4. The molecule has 14 heavy (non-hydrogen) atoms. The van der Waals surface area contributed by atoms with Gasteiger partial charge in [-0.15, -0.1) is 0 Å². The number of hydrogen-bond donors (Lipinski definition) is 1. The summed E-state index contributed by atoms with van der Waals surface area (Å²) in [5.74, 6) is -8.98. The topological polar surface area (TPSA) is 54.4 Å². The maximum absolute atomic E-state index is 13.4. The number of halogens is 3. The molecule has 0 heterocycles. The largest absolute Gasteiger partial charge is 0.477 e. The fourth-order valence-electron chi connectivity index (χ4n) is 0.828. The summed E-state index contributed by atoms with van der Waals surface area (Å²) >= 11 is 0. The van der Waals surface area contributed by atoms with Crippen molar-refractivity contribution in [2.75, 3.05) is 0 Å². The van der Waals surface area contributed by atoms with Gasteiger partial charge in [0.1, 0.15) is 0 Å². The molecule has 0 saturated heterocycles.